The molecule has 8 heteroatoms. The molecule has 0 amide bonds. The number of hydrogen-bond donors (Lipinski definition) is 3. The van der Waals surface area contributed by atoms with E-state index in [9.17, 15) is 9.59 Å². The molecule has 1 unspecified atom stereocenters. The van der Waals surface area contributed by atoms with E-state index in [0.717, 1.165) is 0 Å². The minimum atomic E-state index is -1.17. The van der Waals surface area contributed by atoms with E-state index in [1.54, 1.807) is 0 Å². The first-order chi connectivity index (χ1) is 4.54. The summed E-state index contributed by atoms with van der Waals surface area (Å²) >= 11 is 0. The van der Waals surface area contributed by atoms with Crippen molar-refractivity contribution in [2.45, 2.75) is 18.9 Å². The van der Waals surface area contributed by atoms with E-state index in [4.69, 9.17) is 15.9 Å². The smallest absolute Gasteiger partial charge is 1.00 e. The predicted molar refractivity (Wildman–Crippen MR) is 51.5 cm³/mol. The summed E-state index contributed by atoms with van der Waals surface area (Å²) in [6.07, 6.45) is -0.224. The largest absolute Gasteiger partial charge is 2.00 e. The Labute approximate surface area is 129 Å². The molecule has 4 N–H and O–H groups in total. The Morgan fingerprint density at radius 1 is 1.38 bits per heavy atom. The van der Waals surface area contributed by atoms with Crippen LogP contribution in [0.2, 0.25) is 0 Å². The van der Waals surface area contributed by atoms with Gasteiger partial charge < -0.3 is 20.2 Å². The third-order valence-corrected chi connectivity index (χ3v) is 0.986. The fourth-order valence-electron chi connectivity index (χ4n) is 0.402. The van der Waals surface area contributed by atoms with Crippen molar-refractivity contribution in [3.63, 3.8) is 0 Å². The van der Waals surface area contributed by atoms with Gasteiger partial charge in [0.25, 0.3) is 0 Å². The summed E-state index contributed by atoms with van der Waals surface area (Å²) in [5, 5.41) is 16.3. The molecular weight excluding hydrogens is 212 g/mol. The second-order valence-corrected chi connectivity index (χ2v) is 1.88. The molecule has 1 atom stereocenters. The van der Waals surface area contributed by atoms with Gasteiger partial charge in [-0.25, -0.2) is 0 Å². The van der Waals surface area contributed by atoms with Crippen molar-refractivity contribution in [2.24, 2.45) is 5.73 Å². The quantitative estimate of drug-likeness (QED) is 0.418. The van der Waals surface area contributed by atoms with Crippen molar-refractivity contribution >= 4 is 52.4 Å². The Morgan fingerprint density at radius 2 is 1.77 bits per heavy atom. The van der Waals surface area contributed by atoms with Crippen LogP contribution in [0.25, 0.3) is 0 Å². The maximum absolute atomic E-state index is 9.99. The molecule has 0 spiro atoms. The van der Waals surface area contributed by atoms with Gasteiger partial charge in [-0.15, -0.1) is 0 Å². The maximum atomic E-state index is 9.99. The number of carboxylic acids is 2. The third-order valence-electron chi connectivity index (χ3n) is 0.986. The summed E-state index contributed by atoms with van der Waals surface area (Å²) in [4.78, 5) is 19.9. The van der Waals surface area contributed by atoms with E-state index in [-0.39, 0.29) is 87.1 Å². The van der Waals surface area contributed by atoms with Crippen molar-refractivity contribution in [1.29, 1.82) is 0 Å². The third kappa shape index (κ3) is 15.9. The van der Waals surface area contributed by atoms with Crippen LogP contribution in [-0.2, 0) is 9.59 Å². The Morgan fingerprint density at radius 3 is 2.00 bits per heavy atom. The van der Waals surface area contributed by atoms with Crippen LogP contribution < -0.4 is 35.3 Å². The van der Waals surface area contributed by atoms with E-state index in [2.05, 4.69) is 0 Å². The molecule has 0 rings (SSSR count). The topological polar surface area (TPSA) is 101 Å². The van der Waals surface area contributed by atoms with E-state index < -0.39 is 18.0 Å². The number of carboxylic acid groups (broad SMARTS) is 2. The van der Waals surface area contributed by atoms with Gasteiger partial charge >= 0.3 is 64.5 Å². The zero-order chi connectivity index (χ0) is 8.15. The van der Waals surface area contributed by atoms with Gasteiger partial charge in [0, 0.05) is 6.42 Å². The van der Waals surface area contributed by atoms with E-state index in [1.807, 2.05) is 0 Å². The molecule has 0 fully saturated rings. The summed E-state index contributed by atoms with van der Waals surface area (Å²) in [7, 11) is 0. The molecule has 0 saturated carbocycles. The van der Waals surface area contributed by atoms with Crippen molar-refractivity contribution in [2.75, 3.05) is 0 Å². The monoisotopic (exact) mass is 227 g/mol. The van der Waals surface area contributed by atoms with Crippen molar-refractivity contribution in [1.82, 2.24) is 0 Å². The number of carbonyl (C=O) groups is 2. The van der Waals surface area contributed by atoms with Crippen LogP contribution in [0.1, 0.15) is 17.1 Å². The second kappa shape index (κ2) is 13.2. The van der Waals surface area contributed by atoms with Gasteiger partial charge in [0.05, 0.1) is 0 Å². The second-order valence-electron chi connectivity index (χ2n) is 1.88. The molecular formula is C5H15AlMgNNaO4. The van der Waals surface area contributed by atoms with Crippen LogP contribution in [0.3, 0.4) is 0 Å². The zero-order valence-corrected chi connectivity index (χ0v) is 10.4. The molecule has 0 aromatic carbocycles. The van der Waals surface area contributed by atoms with E-state index >= 15 is 0 Å². The standard InChI is InChI=1S/C5H9NO4.Al.Mg.Na.6H/c6-3(5(9)10)1-2-4(7)8;;;;;;;;;/h3H,1-2,6H2,(H,7,8)(H,9,10);;;;;;;;;/q;;+2;+1;;;;3*-1. The zero-order valence-electron chi connectivity index (χ0n) is 9.99. The molecule has 0 aromatic heterocycles. The SMILES string of the molecule is NC(CCC(=O)O)C(=O)O.[AlH3].[H-].[H-].[H-].[Mg+2].[Na+]. The van der Waals surface area contributed by atoms with Crippen LogP contribution in [0.5, 0.6) is 0 Å². The van der Waals surface area contributed by atoms with Gasteiger partial charge in [-0.3, -0.25) is 9.59 Å². The Kier molecular flexibility index (Phi) is 24.1. The number of rotatable bonds is 4. The Balaban J connectivity index is -0.0000000270. The van der Waals surface area contributed by atoms with Crippen LogP contribution in [0.4, 0.5) is 0 Å². The van der Waals surface area contributed by atoms with Crippen LogP contribution in [0.15, 0.2) is 0 Å². The molecule has 0 aliphatic carbocycles. The van der Waals surface area contributed by atoms with Gasteiger partial charge in [-0.05, 0) is 6.42 Å². The van der Waals surface area contributed by atoms with Crippen molar-refractivity contribution in [3.05, 3.63) is 0 Å². The van der Waals surface area contributed by atoms with Crippen LogP contribution >= 0.6 is 0 Å². The molecule has 0 saturated heterocycles. The molecule has 13 heavy (non-hydrogen) atoms. The predicted octanol–water partition coefficient (Wildman–Crippen LogP) is -4.96. The molecule has 5 nitrogen and oxygen atoms in total. The Hall–Kier alpha value is 1.20. The summed E-state index contributed by atoms with van der Waals surface area (Å²) in [6.45, 7) is 0. The average Bonchev–Trinajstić information content (AvgIpc) is 1.82. The molecule has 0 radical (unpaired) electrons. The Bertz CT molecular complexity index is 171. The average molecular weight is 227 g/mol. The number of nitrogens with two attached hydrogens (primary N) is 1. The summed E-state index contributed by atoms with van der Waals surface area (Å²) < 4.78 is 0. The van der Waals surface area contributed by atoms with Crippen molar-refractivity contribution in [3.8, 4) is 0 Å². The molecule has 70 valence electrons. The molecule has 0 aliphatic heterocycles. The van der Waals surface area contributed by atoms with E-state index in [1.165, 1.54) is 0 Å². The van der Waals surface area contributed by atoms with Gasteiger partial charge in [-0.2, -0.15) is 0 Å². The normalized spacial score (nSPS) is 9.62. The first kappa shape index (κ1) is 23.8. The molecule has 0 heterocycles. The fourth-order valence-corrected chi connectivity index (χ4v) is 0.402. The first-order valence-corrected chi connectivity index (χ1v) is 2.74. The summed E-state index contributed by atoms with van der Waals surface area (Å²) in [5.41, 5.74) is 5.00. The molecule has 0 bridgehead atoms. The fraction of sp³-hybridized carbons (Fsp3) is 0.600. The van der Waals surface area contributed by atoms with Gasteiger partial charge in [0.2, 0.25) is 0 Å². The first-order valence-electron chi connectivity index (χ1n) is 2.74. The minimum absolute atomic E-state index is 0. The van der Waals surface area contributed by atoms with Gasteiger partial charge in [0.15, 0.2) is 17.4 Å². The summed E-state index contributed by atoms with van der Waals surface area (Å²) in [5.74, 6) is -2.20. The van der Waals surface area contributed by atoms with E-state index in [0.29, 0.717) is 0 Å². The summed E-state index contributed by atoms with van der Waals surface area (Å²) in [6, 6.07) is -1.06. The van der Waals surface area contributed by atoms with Crippen molar-refractivity contribution < 1.29 is 53.6 Å². The van der Waals surface area contributed by atoms with Crippen LogP contribution in [-0.4, -0.2) is 68.6 Å². The minimum Gasteiger partial charge on any atom is -1.00 e. The molecule has 0 aromatic rings. The van der Waals surface area contributed by atoms with Gasteiger partial charge in [-0.1, -0.05) is 0 Å². The van der Waals surface area contributed by atoms with Crippen LogP contribution in [0, 0.1) is 0 Å². The molecule has 0 aliphatic rings. The number of hydrogen-bond acceptors (Lipinski definition) is 3. The number of aliphatic carboxylic acids is 2. The maximum Gasteiger partial charge on any atom is 2.00 e. The van der Waals surface area contributed by atoms with Gasteiger partial charge in [0.1, 0.15) is 6.04 Å².